The summed E-state index contributed by atoms with van der Waals surface area (Å²) < 4.78 is 5.31. The van der Waals surface area contributed by atoms with Gasteiger partial charge in [-0.15, -0.1) is 0 Å². The Balaban J connectivity index is 2.70. The molecule has 0 spiro atoms. The van der Waals surface area contributed by atoms with Gasteiger partial charge < -0.3 is 4.74 Å². The minimum absolute atomic E-state index is 0.767. The van der Waals surface area contributed by atoms with Crippen LogP contribution in [0.2, 0.25) is 0 Å². The summed E-state index contributed by atoms with van der Waals surface area (Å²) in [7, 11) is 0. The van der Waals surface area contributed by atoms with Gasteiger partial charge in [0.25, 0.3) is 0 Å². The predicted octanol–water partition coefficient (Wildman–Crippen LogP) is 1.89. The zero-order valence-electron chi connectivity index (χ0n) is 5.35. The maximum Gasteiger partial charge on any atom is 0.122 e. The smallest absolute Gasteiger partial charge is 0.122 e. The van der Waals surface area contributed by atoms with Crippen molar-refractivity contribution < 1.29 is 4.74 Å². The van der Waals surface area contributed by atoms with E-state index in [9.17, 15) is 0 Å². The highest BCUT2D eigenvalue weighted by Crippen LogP contribution is 2.25. The minimum atomic E-state index is 0.767. The molecule has 0 aliphatic carbocycles. The van der Waals surface area contributed by atoms with Crippen molar-refractivity contribution >= 4 is 0 Å². The monoisotopic (exact) mass is 120 g/mol. The van der Waals surface area contributed by atoms with Crippen LogP contribution in [0.15, 0.2) is 18.2 Å². The molecule has 1 heteroatoms. The van der Waals surface area contributed by atoms with Crippen LogP contribution in [-0.2, 0) is 6.61 Å². The Morgan fingerprint density at radius 2 is 2.33 bits per heavy atom. The van der Waals surface area contributed by atoms with E-state index in [-0.39, 0.29) is 0 Å². The maximum atomic E-state index is 5.31. The molecule has 0 aromatic heterocycles. The van der Waals surface area contributed by atoms with Gasteiger partial charge in [0, 0.05) is 0 Å². The van der Waals surface area contributed by atoms with E-state index < -0.39 is 0 Å². The van der Waals surface area contributed by atoms with Crippen molar-refractivity contribution in [2.24, 2.45) is 0 Å². The van der Waals surface area contributed by atoms with Gasteiger partial charge in [0.2, 0.25) is 0 Å². The highest BCUT2D eigenvalue weighted by atomic mass is 16.5. The fourth-order valence-corrected chi connectivity index (χ4v) is 1.12. The first-order valence-electron chi connectivity index (χ1n) is 3.08. The third kappa shape index (κ3) is 0.611. The van der Waals surface area contributed by atoms with Crippen molar-refractivity contribution in [3.63, 3.8) is 0 Å². The van der Waals surface area contributed by atoms with Crippen LogP contribution in [0.25, 0.3) is 0 Å². The third-order valence-electron chi connectivity index (χ3n) is 1.63. The molecular formula is C8H8O. The van der Waals surface area contributed by atoms with Crippen molar-refractivity contribution in [2.75, 3.05) is 0 Å². The second-order valence-corrected chi connectivity index (χ2v) is 2.39. The van der Waals surface area contributed by atoms with Crippen molar-refractivity contribution in [1.29, 1.82) is 0 Å². The first-order chi connectivity index (χ1) is 4.36. The van der Waals surface area contributed by atoms with E-state index in [4.69, 9.17) is 4.74 Å². The van der Waals surface area contributed by atoms with Crippen LogP contribution in [0.4, 0.5) is 0 Å². The summed E-state index contributed by atoms with van der Waals surface area (Å²) in [5, 5.41) is 0. The first kappa shape index (κ1) is 4.86. The van der Waals surface area contributed by atoms with Crippen molar-refractivity contribution in [3.8, 4) is 5.75 Å². The lowest BCUT2D eigenvalue weighted by Crippen LogP contribution is -2.03. The van der Waals surface area contributed by atoms with E-state index in [1.165, 1.54) is 11.1 Å². The molecule has 0 saturated carbocycles. The van der Waals surface area contributed by atoms with Crippen LogP contribution in [0, 0.1) is 6.92 Å². The lowest BCUT2D eigenvalue weighted by atomic mass is 10.1. The fraction of sp³-hybridized carbons (Fsp3) is 0.250. The molecule has 0 radical (unpaired) electrons. The first-order valence-corrected chi connectivity index (χ1v) is 3.08. The van der Waals surface area contributed by atoms with Crippen LogP contribution in [0.5, 0.6) is 5.75 Å². The Bertz CT molecular complexity index is 240. The quantitative estimate of drug-likeness (QED) is 0.508. The molecule has 46 valence electrons. The largest absolute Gasteiger partial charge is 0.489 e. The second kappa shape index (κ2) is 1.50. The van der Waals surface area contributed by atoms with E-state index >= 15 is 0 Å². The number of fused-ring (bicyclic) bond motifs is 3. The lowest BCUT2D eigenvalue weighted by Gasteiger charge is -2.16. The standard InChI is InChI=1S/C8H8O/c1-6-4-7-2-3-8(6)9-5-7/h2-4H,5H2,1H3. The zero-order valence-corrected chi connectivity index (χ0v) is 5.35. The Kier molecular flexibility index (Phi) is 0.810. The molecule has 0 amide bonds. The number of rotatable bonds is 0. The molecule has 2 aliphatic rings. The normalized spacial score (nSPS) is 13.4. The molecule has 2 bridgehead atoms. The van der Waals surface area contributed by atoms with Crippen LogP contribution in [-0.4, -0.2) is 0 Å². The topological polar surface area (TPSA) is 9.23 Å². The van der Waals surface area contributed by atoms with Crippen LogP contribution in [0.3, 0.4) is 0 Å². The average molecular weight is 120 g/mol. The van der Waals surface area contributed by atoms with E-state index in [0.717, 1.165) is 12.4 Å². The lowest BCUT2D eigenvalue weighted by molar-refractivity contribution is 0.292. The molecule has 0 saturated heterocycles. The van der Waals surface area contributed by atoms with Gasteiger partial charge in [0.05, 0.1) is 0 Å². The number of benzene rings is 1. The summed E-state index contributed by atoms with van der Waals surface area (Å²) >= 11 is 0. The van der Waals surface area contributed by atoms with Gasteiger partial charge in [0.1, 0.15) is 12.4 Å². The molecule has 1 aromatic carbocycles. The van der Waals surface area contributed by atoms with Gasteiger partial charge in [-0.2, -0.15) is 0 Å². The van der Waals surface area contributed by atoms with Gasteiger partial charge in [0.15, 0.2) is 0 Å². The Hall–Kier alpha value is -0.980. The maximum absolute atomic E-state index is 5.31. The summed E-state index contributed by atoms with van der Waals surface area (Å²) in [6.07, 6.45) is 0. The van der Waals surface area contributed by atoms with Gasteiger partial charge in [-0.05, 0) is 30.2 Å². The predicted molar refractivity (Wildman–Crippen MR) is 35.5 cm³/mol. The molecular weight excluding hydrogens is 112 g/mol. The molecule has 0 N–H and O–H groups in total. The molecule has 3 rings (SSSR count). The van der Waals surface area contributed by atoms with E-state index in [1.54, 1.807) is 0 Å². The van der Waals surface area contributed by atoms with E-state index in [2.05, 4.69) is 19.1 Å². The second-order valence-electron chi connectivity index (χ2n) is 2.39. The minimum Gasteiger partial charge on any atom is -0.489 e. The number of aryl methyl sites for hydroxylation is 1. The highest BCUT2D eigenvalue weighted by molar-refractivity contribution is 5.39. The van der Waals surface area contributed by atoms with Crippen molar-refractivity contribution in [2.45, 2.75) is 13.5 Å². The molecule has 2 aliphatic heterocycles. The van der Waals surface area contributed by atoms with Gasteiger partial charge >= 0.3 is 0 Å². The number of hydrogen-bond donors (Lipinski definition) is 0. The molecule has 0 fully saturated rings. The van der Waals surface area contributed by atoms with Crippen molar-refractivity contribution in [1.82, 2.24) is 0 Å². The van der Waals surface area contributed by atoms with E-state index in [0.29, 0.717) is 0 Å². The van der Waals surface area contributed by atoms with Gasteiger partial charge in [-0.25, -0.2) is 0 Å². The summed E-state index contributed by atoms with van der Waals surface area (Å²) in [5.74, 6) is 1.03. The average Bonchev–Trinajstić information content (AvgIpc) is 1.90. The summed E-state index contributed by atoms with van der Waals surface area (Å²) in [6, 6.07) is 6.29. The molecule has 0 unspecified atom stereocenters. The van der Waals surface area contributed by atoms with Gasteiger partial charge in [-0.3, -0.25) is 0 Å². The zero-order chi connectivity index (χ0) is 6.27. The molecule has 1 aromatic rings. The Morgan fingerprint density at radius 1 is 1.44 bits per heavy atom. The fourth-order valence-electron chi connectivity index (χ4n) is 1.12. The van der Waals surface area contributed by atoms with Crippen LogP contribution < -0.4 is 4.74 Å². The molecule has 1 nitrogen and oxygen atoms in total. The van der Waals surface area contributed by atoms with Gasteiger partial charge in [-0.1, -0.05) is 6.07 Å². The van der Waals surface area contributed by atoms with E-state index in [1.807, 2.05) is 6.07 Å². The number of hydrogen-bond acceptors (Lipinski definition) is 1. The number of ether oxygens (including phenoxy) is 1. The van der Waals surface area contributed by atoms with Crippen molar-refractivity contribution in [3.05, 3.63) is 29.3 Å². The summed E-state index contributed by atoms with van der Waals surface area (Å²) in [6.45, 7) is 2.83. The molecule has 2 heterocycles. The van der Waals surface area contributed by atoms with Crippen LogP contribution >= 0.6 is 0 Å². The van der Waals surface area contributed by atoms with Crippen LogP contribution in [0.1, 0.15) is 11.1 Å². The molecule has 9 heavy (non-hydrogen) atoms. The SMILES string of the molecule is Cc1cc2ccc1OC2. The Labute approximate surface area is 54.3 Å². The third-order valence-corrected chi connectivity index (χ3v) is 1.63. The summed E-state index contributed by atoms with van der Waals surface area (Å²) in [5.41, 5.74) is 2.53. The summed E-state index contributed by atoms with van der Waals surface area (Å²) in [4.78, 5) is 0. The Morgan fingerprint density at radius 3 is 2.56 bits per heavy atom. The molecule has 0 atom stereocenters. The highest BCUT2D eigenvalue weighted by Gasteiger charge is 2.07.